The van der Waals surface area contributed by atoms with Gasteiger partial charge >= 0.3 is 0 Å². The number of carbonyl (C=O) groups is 1. The molecule has 0 aromatic heterocycles. The van der Waals surface area contributed by atoms with Gasteiger partial charge in [-0.2, -0.15) is 0 Å². The van der Waals surface area contributed by atoms with Crippen molar-refractivity contribution in [3.05, 3.63) is 47.5 Å². The third-order valence-corrected chi connectivity index (χ3v) is 3.98. The molecule has 2 aromatic carbocycles. The maximum atomic E-state index is 12.7. The topological polar surface area (TPSA) is 20.3 Å². The normalized spacial score (nSPS) is 18.9. The van der Waals surface area contributed by atoms with Crippen LogP contribution >= 0.6 is 0 Å². The van der Waals surface area contributed by atoms with Crippen LogP contribution in [0.3, 0.4) is 0 Å². The molecule has 0 saturated carbocycles. The Hall–Kier alpha value is -1.67. The smallest absolute Gasteiger partial charge is 0.168 e. The van der Waals surface area contributed by atoms with Gasteiger partial charge in [0.25, 0.3) is 0 Å². The summed E-state index contributed by atoms with van der Waals surface area (Å²) >= 11 is 0. The Morgan fingerprint density at radius 1 is 1.16 bits per heavy atom. The Morgan fingerprint density at radius 3 is 2.74 bits per heavy atom. The van der Waals surface area contributed by atoms with Crippen LogP contribution in [0.1, 0.15) is 22.3 Å². The summed E-state index contributed by atoms with van der Waals surface area (Å²) in [5.74, 6) is 0.472. The summed E-state index contributed by atoms with van der Waals surface area (Å²) in [7, 11) is 4.07. The van der Waals surface area contributed by atoms with Crippen LogP contribution in [0.2, 0.25) is 0 Å². The first kappa shape index (κ1) is 12.4. The summed E-state index contributed by atoms with van der Waals surface area (Å²) in [4.78, 5) is 14.8. The lowest BCUT2D eigenvalue weighted by Gasteiger charge is -2.26. The molecule has 0 bridgehead atoms. The predicted molar refractivity (Wildman–Crippen MR) is 78.6 cm³/mol. The molecule has 19 heavy (non-hydrogen) atoms. The van der Waals surface area contributed by atoms with Crippen LogP contribution < -0.4 is 0 Å². The maximum Gasteiger partial charge on any atom is 0.168 e. The minimum Gasteiger partial charge on any atom is -0.309 e. The molecule has 1 atom stereocenters. The summed E-state index contributed by atoms with van der Waals surface area (Å²) in [6.45, 7) is 0.849. The van der Waals surface area contributed by atoms with Gasteiger partial charge in [0, 0.05) is 18.0 Å². The summed E-state index contributed by atoms with van der Waals surface area (Å²) < 4.78 is 0. The van der Waals surface area contributed by atoms with Crippen LogP contribution in [-0.2, 0) is 6.42 Å². The highest BCUT2D eigenvalue weighted by Crippen LogP contribution is 2.31. The van der Waals surface area contributed by atoms with Crippen molar-refractivity contribution in [2.45, 2.75) is 12.8 Å². The van der Waals surface area contributed by atoms with Crippen molar-refractivity contribution >= 4 is 16.6 Å². The van der Waals surface area contributed by atoms with Crippen LogP contribution in [0.15, 0.2) is 36.4 Å². The Morgan fingerprint density at radius 2 is 1.95 bits per heavy atom. The number of hydrogen-bond donors (Lipinski definition) is 0. The van der Waals surface area contributed by atoms with Crippen LogP contribution in [-0.4, -0.2) is 31.3 Å². The third-order valence-electron chi connectivity index (χ3n) is 3.98. The van der Waals surface area contributed by atoms with E-state index < -0.39 is 0 Å². The summed E-state index contributed by atoms with van der Waals surface area (Å²) in [6, 6.07) is 12.5. The average molecular weight is 253 g/mol. The number of carbonyl (C=O) groups excluding carboxylic acids is 1. The fourth-order valence-corrected chi connectivity index (χ4v) is 3.10. The van der Waals surface area contributed by atoms with Gasteiger partial charge in [0.05, 0.1) is 0 Å². The van der Waals surface area contributed by atoms with E-state index in [2.05, 4.69) is 29.2 Å². The number of Topliss-reactive ketones (excluding diaryl/α,β-unsaturated/α-hetero) is 1. The molecular formula is C17H19NO. The van der Waals surface area contributed by atoms with E-state index in [0.717, 1.165) is 30.3 Å². The zero-order chi connectivity index (χ0) is 13.4. The van der Waals surface area contributed by atoms with Gasteiger partial charge in [0.1, 0.15) is 0 Å². The van der Waals surface area contributed by atoms with Gasteiger partial charge in [-0.1, -0.05) is 36.4 Å². The molecule has 0 fully saturated rings. The van der Waals surface area contributed by atoms with Crippen molar-refractivity contribution in [3.63, 3.8) is 0 Å². The first-order valence-electron chi connectivity index (χ1n) is 6.86. The van der Waals surface area contributed by atoms with E-state index in [0.29, 0.717) is 5.78 Å². The van der Waals surface area contributed by atoms with E-state index in [9.17, 15) is 4.79 Å². The number of fused-ring (bicyclic) bond motifs is 3. The minimum absolute atomic E-state index is 0.147. The van der Waals surface area contributed by atoms with Crippen LogP contribution in [0.4, 0.5) is 0 Å². The standard InChI is InChI=1S/C17H19NO/c1-18(2)11-14-10-9-13-8-7-12-5-3-4-6-15(12)16(13)17(14)19/h3-8,14H,9-11H2,1-2H3. The number of ketones is 1. The number of nitrogens with zero attached hydrogens (tertiary/aromatic N) is 1. The van der Waals surface area contributed by atoms with Crippen LogP contribution in [0.5, 0.6) is 0 Å². The lowest BCUT2D eigenvalue weighted by molar-refractivity contribution is 0.0879. The van der Waals surface area contributed by atoms with Gasteiger partial charge in [-0.05, 0) is 43.3 Å². The van der Waals surface area contributed by atoms with Crippen LogP contribution in [0, 0.1) is 5.92 Å². The highest BCUT2D eigenvalue weighted by Gasteiger charge is 2.28. The first-order chi connectivity index (χ1) is 9.16. The molecule has 0 amide bonds. The van der Waals surface area contributed by atoms with E-state index in [1.54, 1.807) is 0 Å². The number of aryl methyl sites for hydroxylation is 1. The molecule has 1 unspecified atom stereocenters. The Balaban J connectivity index is 2.11. The van der Waals surface area contributed by atoms with E-state index in [4.69, 9.17) is 0 Å². The lowest BCUT2D eigenvalue weighted by atomic mass is 9.80. The molecule has 3 rings (SSSR count). The second-order valence-electron chi connectivity index (χ2n) is 5.68. The quantitative estimate of drug-likeness (QED) is 0.819. The van der Waals surface area contributed by atoms with Gasteiger partial charge in [-0.15, -0.1) is 0 Å². The fraction of sp³-hybridized carbons (Fsp3) is 0.353. The highest BCUT2D eigenvalue weighted by molar-refractivity contribution is 6.11. The third kappa shape index (κ3) is 2.17. The molecule has 2 aromatic rings. The van der Waals surface area contributed by atoms with Gasteiger partial charge in [0.15, 0.2) is 5.78 Å². The maximum absolute atomic E-state index is 12.7. The fourth-order valence-electron chi connectivity index (χ4n) is 3.10. The van der Waals surface area contributed by atoms with E-state index in [1.807, 2.05) is 26.2 Å². The Bertz CT molecular complexity index is 630. The highest BCUT2D eigenvalue weighted by atomic mass is 16.1. The number of benzene rings is 2. The molecule has 0 saturated heterocycles. The molecule has 0 heterocycles. The molecule has 0 aliphatic heterocycles. The van der Waals surface area contributed by atoms with Gasteiger partial charge in [0.2, 0.25) is 0 Å². The van der Waals surface area contributed by atoms with Gasteiger partial charge < -0.3 is 4.90 Å². The summed E-state index contributed by atoms with van der Waals surface area (Å²) in [5.41, 5.74) is 2.19. The van der Waals surface area contributed by atoms with Crippen molar-refractivity contribution in [2.24, 2.45) is 5.92 Å². The van der Waals surface area contributed by atoms with Crippen molar-refractivity contribution in [1.82, 2.24) is 4.90 Å². The SMILES string of the molecule is CN(C)CC1CCc2ccc3ccccc3c2C1=O. The Labute approximate surface area is 114 Å². The number of rotatable bonds is 2. The molecule has 1 aliphatic carbocycles. The predicted octanol–water partition coefficient (Wildman–Crippen LogP) is 3.15. The first-order valence-corrected chi connectivity index (χ1v) is 6.86. The molecule has 0 N–H and O–H groups in total. The average Bonchev–Trinajstić information content (AvgIpc) is 2.41. The zero-order valence-electron chi connectivity index (χ0n) is 11.5. The summed E-state index contributed by atoms with van der Waals surface area (Å²) in [5, 5.41) is 2.29. The van der Waals surface area contributed by atoms with Crippen molar-refractivity contribution in [3.8, 4) is 0 Å². The van der Waals surface area contributed by atoms with E-state index in [1.165, 1.54) is 10.9 Å². The molecule has 0 spiro atoms. The van der Waals surface area contributed by atoms with Crippen molar-refractivity contribution in [1.29, 1.82) is 0 Å². The van der Waals surface area contributed by atoms with E-state index >= 15 is 0 Å². The second kappa shape index (κ2) is 4.78. The molecule has 0 radical (unpaired) electrons. The molecular weight excluding hydrogens is 234 g/mol. The molecule has 2 heteroatoms. The van der Waals surface area contributed by atoms with Crippen molar-refractivity contribution < 1.29 is 4.79 Å². The zero-order valence-corrected chi connectivity index (χ0v) is 11.5. The van der Waals surface area contributed by atoms with Gasteiger partial charge in [-0.25, -0.2) is 0 Å². The largest absolute Gasteiger partial charge is 0.309 e. The van der Waals surface area contributed by atoms with Crippen LogP contribution in [0.25, 0.3) is 10.8 Å². The molecule has 1 aliphatic rings. The van der Waals surface area contributed by atoms with Crippen molar-refractivity contribution in [2.75, 3.05) is 20.6 Å². The van der Waals surface area contributed by atoms with E-state index in [-0.39, 0.29) is 5.92 Å². The molecule has 98 valence electrons. The second-order valence-corrected chi connectivity index (χ2v) is 5.68. The Kier molecular flexibility index (Phi) is 3.11. The molecule has 2 nitrogen and oxygen atoms in total. The minimum atomic E-state index is 0.147. The summed E-state index contributed by atoms with van der Waals surface area (Å²) in [6.07, 6.45) is 1.99. The number of hydrogen-bond acceptors (Lipinski definition) is 2. The van der Waals surface area contributed by atoms with Gasteiger partial charge in [-0.3, -0.25) is 4.79 Å². The lowest BCUT2D eigenvalue weighted by Crippen LogP contribution is -2.31. The monoisotopic (exact) mass is 253 g/mol.